The van der Waals surface area contributed by atoms with Crippen LogP contribution in [0.25, 0.3) is 0 Å². The molecule has 1 aliphatic rings. The van der Waals surface area contributed by atoms with Crippen LogP contribution in [0.5, 0.6) is 5.75 Å². The molecule has 0 amide bonds. The number of nitrogen functional groups attached to an aromatic ring is 1. The highest BCUT2D eigenvalue weighted by Gasteiger charge is 2.31. The fourth-order valence-electron chi connectivity index (χ4n) is 4.17. The number of ether oxygens (including phenoxy) is 1. The van der Waals surface area contributed by atoms with Crippen molar-refractivity contribution < 1.29 is 14.6 Å². The zero-order valence-corrected chi connectivity index (χ0v) is 17.2. The van der Waals surface area contributed by atoms with Crippen LogP contribution in [-0.2, 0) is 22.4 Å². The molecule has 1 saturated heterocycles. The number of phenols is 1. The van der Waals surface area contributed by atoms with Crippen LogP contribution in [0, 0.1) is 12.8 Å². The van der Waals surface area contributed by atoms with Gasteiger partial charge < -0.3 is 15.6 Å². The number of nitrogens with two attached hydrogens (primary N) is 1. The number of hydrogen-bond donors (Lipinski definition) is 2. The van der Waals surface area contributed by atoms with Gasteiger partial charge in [-0.25, -0.2) is 0 Å². The van der Waals surface area contributed by atoms with E-state index < -0.39 is 0 Å². The maximum atomic E-state index is 12.4. The molecule has 4 heteroatoms. The fraction of sp³-hybridized carbons (Fsp3) is 0.269. The summed E-state index contributed by atoms with van der Waals surface area (Å²) < 4.78 is 5.55. The third-order valence-corrected chi connectivity index (χ3v) is 5.99. The average molecular weight is 402 g/mol. The van der Waals surface area contributed by atoms with Crippen LogP contribution in [0.4, 0.5) is 5.69 Å². The molecule has 3 aromatic rings. The molecule has 4 nitrogen and oxygen atoms in total. The highest BCUT2D eigenvalue weighted by Crippen LogP contribution is 2.33. The molecule has 0 radical (unpaired) electrons. The molecule has 30 heavy (non-hydrogen) atoms. The van der Waals surface area contributed by atoms with Gasteiger partial charge in [0.25, 0.3) is 0 Å². The Morgan fingerprint density at radius 3 is 2.60 bits per heavy atom. The van der Waals surface area contributed by atoms with Gasteiger partial charge in [-0.15, -0.1) is 0 Å². The van der Waals surface area contributed by atoms with Gasteiger partial charge in [-0.2, -0.15) is 0 Å². The van der Waals surface area contributed by atoms with E-state index in [-0.39, 0.29) is 23.6 Å². The van der Waals surface area contributed by atoms with E-state index in [0.29, 0.717) is 18.7 Å². The lowest BCUT2D eigenvalue weighted by molar-refractivity contribution is -0.154. The van der Waals surface area contributed by atoms with Crippen LogP contribution in [-0.4, -0.2) is 17.7 Å². The van der Waals surface area contributed by atoms with Gasteiger partial charge in [0.15, 0.2) is 0 Å². The molecule has 154 valence electrons. The third kappa shape index (κ3) is 4.48. The minimum atomic E-state index is -0.216. The lowest BCUT2D eigenvalue weighted by Crippen LogP contribution is -2.31. The molecule has 1 unspecified atom stereocenters. The van der Waals surface area contributed by atoms with Crippen molar-refractivity contribution >= 4 is 11.7 Å². The van der Waals surface area contributed by atoms with E-state index in [9.17, 15) is 9.90 Å². The van der Waals surface area contributed by atoms with Crippen LogP contribution in [0.2, 0.25) is 0 Å². The zero-order valence-electron chi connectivity index (χ0n) is 17.2. The Labute approximate surface area is 177 Å². The summed E-state index contributed by atoms with van der Waals surface area (Å²) in [6, 6.07) is 22.2. The summed E-state index contributed by atoms with van der Waals surface area (Å²) in [5.41, 5.74) is 12.1. The predicted octanol–water partition coefficient (Wildman–Crippen LogP) is 4.76. The summed E-state index contributed by atoms with van der Waals surface area (Å²) in [6.07, 6.45) is 2.19. The molecule has 1 aliphatic heterocycles. The van der Waals surface area contributed by atoms with Crippen molar-refractivity contribution in [3.8, 4) is 5.75 Å². The Balaban J connectivity index is 1.51. The van der Waals surface area contributed by atoms with Gasteiger partial charge in [-0.05, 0) is 66.1 Å². The van der Waals surface area contributed by atoms with Crippen molar-refractivity contribution in [2.45, 2.75) is 32.1 Å². The molecule has 4 rings (SSSR count). The number of carbonyl (C=O) groups excluding carboxylic acids is 1. The molecule has 1 heterocycles. The zero-order chi connectivity index (χ0) is 21.1. The van der Waals surface area contributed by atoms with Gasteiger partial charge in [-0.3, -0.25) is 4.79 Å². The maximum absolute atomic E-state index is 12.4. The molecule has 3 aromatic carbocycles. The van der Waals surface area contributed by atoms with Gasteiger partial charge in [0, 0.05) is 5.92 Å². The fourth-order valence-corrected chi connectivity index (χ4v) is 4.17. The number of hydrogen-bond acceptors (Lipinski definition) is 4. The first-order valence-corrected chi connectivity index (χ1v) is 10.4. The van der Waals surface area contributed by atoms with Crippen LogP contribution in [0.3, 0.4) is 0 Å². The van der Waals surface area contributed by atoms with Crippen molar-refractivity contribution in [2.75, 3.05) is 12.3 Å². The highest BCUT2D eigenvalue weighted by atomic mass is 16.5. The van der Waals surface area contributed by atoms with E-state index in [2.05, 4.69) is 49.4 Å². The van der Waals surface area contributed by atoms with E-state index in [1.165, 1.54) is 22.3 Å². The Kier molecular flexibility index (Phi) is 5.75. The van der Waals surface area contributed by atoms with Gasteiger partial charge in [0.1, 0.15) is 5.75 Å². The number of cyclic esters (lactones) is 1. The van der Waals surface area contributed by atoms with Crippen molar-refractivity contribution in [3.05, 3.63) is 94.5 Å². The quantitative estimate of drug-likeness (QED) is 0.367. The minimum Gasteiger partial charge on any atom is -0.506 e. The van der Waals surface area contributed by atoms with E-state index in [4.69, 9.17) is 10.5 Å². The molecule has 0 aliphatic carbocycles. The molecule has 3 N–H and O–H groups in total. The van der Waals surface area contributed by atoms with Gasteiger partial charge in [0.05, 0.1) is 18.2 Å². The Morgan fingerprint density at radius 1 is 1.03 bits per heavy atom. The highest BCUT2D eigenvalue weighted by molar-refractivity contribution is 5.74. The number of carbonyl (C=O) groups is 1. The van der Waals surface area contributed by atoms with E-state index >= 15 is 0 Å². The second-order valence-electron chi connectivity index (χ2n) is 8.21. The largest absolute Gasteiger partial charge is 0.506 e. The van der Waals surface area contributed by atoms with Crippen LogP contribution >= 0.6 is 0 Å². The average Bonchev–Trinajstić information content (AvgIpc) is 2.75. The van der Waals surface area contributed by atoms with Crippen LogP contribution in [0.15, 0.2) is 66.7 Å². The summed E-state index contributed by atoms with van der Waals surface area (Å²) in [4.78, 5) is 12.4. The molecule has 0 bridgehead atoms. The first-order valence-electron chi connectivity index (χ1n) is 10.4. The predicted molar refractivity (Wildman–Crippen MR) is 118 cm³/mol. The van der Waals surface area contributed by atoms with Gasteiger partial charge >= 0.3 is 5.97 Å². The summed E-state index contributed by atoms with van der Waals surface area (Å²) >= 11 is 0. The molecular weight excluding hydrogens is 374 g/mol. The minimum absolute atomic E-state index is 0.0634. The summed E-state index contributed by atoms with van der Waals surface area (Å²) in [7, 11) is 0. The van der Waals surface area contributed by atoms with E-state index in [1.807, 2.05) is 12.1 Å². The number of phenolic OH excluding ortho intramolecular Hbond substituents is 1. The second kappa shape index (κ2) is 8.62. The van der Waals surface area contributed by atoms with Crippen molar-refractivity contribution in [2.24, 2.45) is 5.92 Å². The smallest absolute Gasteiger partial charge is 0.309 e. The Hall–Kier alpha value is -3.27. The first kappa shape index (κ1) is 20.0. The Morgan fingerprint density at radius 2 is 1.83 bits per heavy atom. The number of esters is 1. The number of aromatic hydroxyl groups is 1. The SMILES string of the molecule is Cc1ccc([C@H]2COC(=O)C(Cc3ccc(O)c(N)c3)C2)cc1Cc1ccccc1. The number of anilines is 1. The van der Waals surface area contributed by atoms with Gasteiger partial charge in [0.2, 0.25) is 0 Å². The number of rotatable bonds is 5. The Bertz CT molecular complexity index is 1050. The number of aryl methyl sites for hydroxylation is 1. The summed E-state index contributed by atoms with van der Waals surface area (Å²) in [6.45, 7) is 2.56. The van der Waals surface area contributed by atoms with Crippen LogP contribution in [0.1, 0.15) is 40.2 Å². The van der Waals surface area contributed by atoms with Crippen molar-refractivity contribution in [1.82, 2.24) is 0 Å². The second-order valence-corrected chi connectivity index (χ2v) is 8.21. The standard InChI is InChI=1S/C26H27NO3/c1-17-7-9-20(14-21(17)11-18-5-3-2-4-6-18)23-15-22(26(29)30-16-23)12-19-8-10-25(28)24(27)13-19/h2-10,13-14,22-23,28H,11-12,15-16,27H2,1H3/t22?,23-/m1/s1. The number of benzene rings is 3. The molecule has 0 aromatic heterocycles. The van der Waals surface area contributed by atoms with Crippen LogP contribution < -0.4 is 5.73 Å². The monoisotopic (exact) mass is 401 g/mol. The van der Waals surface area contributed by atoms with Crippen molar-refractivity contribution in [3.63, 3.8) is 0 Å². The lowest BCUT2D eigenvalue weighted by Gasteiger charge is -2.29. The molecule has 0 spiro atoms. The summed E-state index contributed by atoms with van der Waals surface area (Å²) in [5.74, 6) is -0.133. The molecule has 1 fully saturated rings. The first-order chi connectivity index (χ1) is 14.5. The third-order valence-electron chi connectivity index (χ3n) is 5.99. The van der Waals surface area contributed by atoms with Gasteiger partial charge in [-0.1, -0.05) is 54.6 Å². The molecule has 0 saturated carbocycles. The normalized spacial score (nSPS) is 18.8. The topological polar surface area (TPSA) is 72.5 Å². The van der Waals surface area contributed by atoms with Crippen molar-refractivity contribution in [1.29, 1.82) is 0 Å². The van der Waals surface area contributed by atoms with E-state index in [1.54, 1.807) is 12.1 Å². The molecular formula is C26H27NO3. The molecule has 2 atom stereocenters. The van der Waals surface area contributed by atoms with E-state index in [0.717, 1.165) is 18.4 Å². The lowest BCUT2D eigenvalue weighted by atomic mass is 9.83. The maximum Gasteiger partial charge on any atom is 0.309 e. The summed E-state index contributed by atoms with van der Waals surface area (Å²) in [5, 5.41) is 9.63.